The first kappa shape index (κ1) is 31.4. The molecule has 45 heavy (non-hydrogen) atoms. The standard InChI is InChI=1S/C35H21F9O/c1-2-3-4-19-5-7-20(8-6-19)21-9-11-25(27(36)13-21)22-10-12-26(28(37)14-22)23-15-29(38)33(30(39)16-23)35(43,44)45-24-17-31(40)34(42)32(41)18-24/h2,5-18H,1,3-4H2. The summed E-state index contributed by atoms with van der Waals surface area (Å²) in [6.45, 7) is 3.69. The minimum atomic E-state index is -4.80. The van der Waals surface area contributed by atoms with E-state index in [1.807, 2.05) is 30.3 Å². The number of hydrogen-bond donors (Lipinski definition) is 0. The van der Waals surface area contributed by atoms with Crippen LogP contribution < -0.4 is 4.74 Å². The molecule has 0 atom stereocenters. The number of alkyl halides is 2. The number of allylic oxidation sites excluding steroid dienone is 1. The molecule has 0 heterocycles. The van der Waals surface area contributed by atoms with E-state index in [0.29, 0.717) is 17.7 Å². The number of hydrogen-bond acceptors (Lipinski definition) is 1. The third-order valence-electron chi connectivity index (χ3n) is 7.02. The molecule has 0 fully saturated rings. The molecule has 0 aliphatic rings. The van der Waals surface area contributed by atoms with Gasteiger partial charge in [-0.15, -0.1) is 6.58 Å². The lowest BCUT2D eigenvalue weighted by Crippen LogP contribution is -2.25. The molecule has 5 aromatic rings. The average Bonchev–Trinajstić information content (AvgIpc) is 2.98. The van der Waals surface area contributed by atoms with Crippen molar-refractivity contribution >= 4 is 0 Å². The van der Waals surface area contributed by atoms with Crippen LogP contribution in [0.3, 0.4) is 0 Å². The van der Waals surface area contributed by atoms with Crippen LogP contribution in [0.2, 0.25) is 0 Å². The van der Waals surface area contributed by atoms with Crippen LogP contribution in [0.4, 0.5) is 39.5 Å². The van der Waals surface area contributed by atoms with Crippen LogP contribution in [0.25, 0.3) is 33.4 Å². The Morgan fingerprint density at radius 3 is 1.60 bits per heavy atom. The minimum Gasteiger partial charge on any atom is -0.429 e. The van der Waals surface area contributed by atoms with Crippen molar-refractivity contribution in [3.05, 3.63) is 149 Å². The maximum absolute atomic E-state index is 15.2. The molecule has 230 valence electrons. The van der Waals surface area contributed by atoms with Crippen molar-refractivity contribution in [2.24, 2.45) is 0 Å². The fraction of sp³-hybridized carbons (Fsp3) is 0.0857. The summed E-state index contributed by atoms with van der Waals surface area (Å²) in [5.74, 6) is -12.3. The zero-order chi connectivity index (χ0) is 32.5. The summed E-state index contributed by atoms with van der Waals surface area (Å²) < 4.78 is 133. The second-order valence-electron chi connectivity index (χ2n) is 10.0. The Morgan fingerprint density at radius 1 is 0.556 bits per heavy atom. The second-order valence-corrected chi connectivity index (χ2v) is 10.0. The molecular formula is C35H21F9O. The Morgan fingerprint density at radius 2 is 1.04 bits per heavy atom. The van der Waals surface area contributed by atoms with Gasteiger partial charge in [-0.2, -0.15) is 8.78 Å². The van der Waals surface area contributed by atoms with E-state index in [1.54, 1.807) is 6.07 Å². The Hall–Kier alpha value is -4.99. The van der Waals surface area contributed by atoms with Crippen molar-refractivity contribution in [3.63, 3.8) is 0 Å². The van der Waals surface area contributed by atoms with E-state index >= 15 is 8.78 Å². The fourth-order valence-corrected chi connectivity index (χ4v) is 4.78. The summed E-state index contributed by atoms with van der Waals surface area (Å²) in [4.78, 5) is 0. The van der Waals surface area contributed by atoms with E-state index in [-0.39, 0.29) is 28.8 Å². The van der Waals surface area contributed by atoms with Gasteiger partial charge in [0.2, 0.25) is 0 Å². The summed E-state index contributed by atoms with van der Waals surface area (Å²) in [6.07, 6.45) is -1.34. The van der Waals surface area contributed by atoms with Gasteiger partial charge in [0, 0.05) is 23.3 Å². The van der Waals surface area contributed by atoms with Gasteiger partial charge in [0.1, 0.15) is 34.6 Å². The number of halogens is 9. The Bertz CT molecular complexity index is 1850. The van der Waals surface area contributed by atoms with Crippen molar-refractivity contribution in [3.8, 4) is 39.1 Å². The van der Waals surface area contributed by atoms with Gasteiger partial charge in [-0.3, -0.25) is 0 Å². The number of rotatable bonds is 9. The topological polar surface area (TPSA) is 9.23 Å². The zero-order valence-electron chi connectivity index (χ0n) is 23.1. The molecule has 0 aliphatic heterocycles. The molecule has 0 amide bonds. The molecule has 0 radical (unpaired) electrons. The largest absolute Gasteiger partial charge is 0.432 e. The van der Waals surface area contributed by atoms with Crippen LogP contribution >= 0.6 is 0 Å². The minimum absolute atomic E-state index is 0.0463. The van der Waals surface area contributed by atoms with Crippen molar-refractivity contribution < 1.29 is 44.3 Å². The van der Waals surface area contributed by atoms with Gasteiger partial charge in [0.15, 0.2) is 17.5 Å². The van der Waals surface area contributed by atoms with E-state index in [0.717, 1.165) is 36.1 Å². The fourth-order valence-electron chi connectivity index (χ4n) is 4.78. The predicted octanol–water partition coefficient (Wildman–Crippen LogP) is 10.9. The molecule has 0 N–H and O–H groups in total. The van der Waals surface area contributed by atoms with Crippen LogP contribution in [-0.2, 0) is 12.5 Å². The van der Waals surface area contributed by atoms with Gasteiger partial charge in [0.05, 0.1) is 0 Å². The molecule has 0 saturated carbocycles. The van der Waals surface area contributed by atoms with Crippen molar-refractivity contribution in [2.45, 2.75) is 19.0 Å². The highest BCUT2D eigenvalue weighted by molar-refractivity contribution is 5.74. The van der Waals surface area contributed by atoms with Crippen LogP contribution in [0.5, 0.6) is 5.75 Å². The Balaban J connectivity index is 1.39. The highest BCUT2D eigenvalue weighted by Gasteiger charge is 2.41. The second kappa shape index (κ2) is 12.6. The molecule has 5 rings (SSSR count). The number of benzene rings is 5. The summed E-state index contributed by atoms with van der Waals surface area (Å²) in [6, 6.07) is 16.3. The first-order valence-electron chi connectivity index (χ1n) is 13.4. The van der Waals surface area contributed by atoms with Crippen LogP contribution in [0.15, 0.2) is 97.6 Å². The first-order valence-corrected chi connectivity index (χ1v) is 13.4. The van der Waals surface area contributed by atoms with E-state index in [2.05, 4.69) is 11.3 Å². The lowest BCUT2D eigenvalue weighted by Gasteiger charge is -2.20. The molecule has 1 nitrogen and oxygen atoms in total. The number of aryl methyl sites for hydroxylation is 1. The summed E-state index contributed by atoms with van der Waals surface area (Å²) in [5.41, 5.74) is -0.178. The quantitative estimate of drug-likeness (QED) is 0.0897. The molecule has 0 saturated heterocycles. The zero-order valence-corrected chi connectivity index (χ0v) is 23.1. The number of ether oxygens (including phenoxy) is 1. The molecular weight excluding hydrogens is 607 g/mol. The third-order valence-corrected chi connectivity index (χ3v) is 7.02. The maximum atomic E-state index is 15.2. The van der Waals surface area contributed by atoms with Gasteiger partial charge in [-0.25, -0.2) is 30.7 Å². The molecule has 10 heteroatoms. The molecule has 0 bridgehead atoms. The van der Waals surface area contributed by atoms with Gasteiger partial charge < -0.3 is 4.74 Å². The van der Waals surface area contributed by atoms with E-state index in [4.69, 9.17) is 0 Å². The van der Waals surface area contributed by atoms with E-state index in [1.165, 1.54) is 18.2 Å². The Kier molecular flexibility index (Phi) is 8.77. The van der Waals surface area contributed by atoms with Gasteiger partial charge in [-0.05, 0) is 64.9 Å². The summed E-state index contributed by atoms with van der Waals surface area (Å²) in [5, 5.41) is 0. The molecule has 0 spiro atoms. The molecule has 0 aliphatic carbocycles. The Labute approximate surface area is 251 Å². The lowest BCUT2D eigenvalue weighted by atomic mass is 9.96. The highest BCUT2D eigenvalue weighted by Crippen LogP contribution is 2.39. The predicted molar refractivity (Wildman–Crippen MR) is 152 cm³/mol. The van der Waals surface area contributed by atoms with E-state index in [9.17, 15) is 30.7 Å². The summed E-state index contributed by atoms with van der Waals surface area (Å²) in [7, 11) is 0. The van der Waals surface area contributed by atoms with Crippen LogP contribution in [-0.4, -0.2) is 0 Å². The van der Waals surface area contributed by atoms with Crippen molar-refractivity contribution in [2.75, 3.05) is 0 Å². The maximum Gasteiger partial charge on any atom is 0.432 e. The third kappa shape index (κ3) is 6.60. The smallest absolute Gasteiger partial charge is 0.429 e. The van der Waals surface area contributed by atoms with Gasteiger partial charge in [-0.1, -0.05) is 54.6 Å². The van der Waals surface area contributed by atoms with Gasteiger partial charge in [0.25, 0.3) is 0 Å². The van der Waals surface area contributed by atoms with Crippen LogP contribution in [0, 0.1) is 40.7 Å². The highest BCUT2D eigenvalue weighted by atomic mass is 19.3. The van der Waals surface area contributed by atoms with Crippen molar-refractivity contribution in [1.29, 1.82) is 0 Å². The lowest BCUT2D eigenvalue weighted by molar-refractivity contribution is -0.189. The molecule has 5 aromatic carbocycles. The average molecular weight is 629 g/mol. The monoisotopic (exact) mass is 628 g/mol. The molecule has 0 unspecified atom stereocenters. The van der Waals surface area contributed by atoms with E-state index < -0.39 is 63.7 Å². The molecule has 0 aromatic heterocycles. The summed E-state index contributed by atoms with van der Waals surface area (Å²) >= 11 is 0. The normalized spacial score (nSPS) is 11.5. The van der Waals surface area contributed by atoms with Gasteiger partial charge >= 0.3 is 6.11 Å². The first-order chi connectivity index (χ1) is 21.4. The van der Waals surface area contributed by atoms with Crippen molar-refractivity contribution in [1.82, 2.24) is 0 Å². The van der Waals surface area contributed by atoms with Crippen LogP contribution in [0.1, 0.15) is 17.5 Å². The SMILES string of the molecule is C=CCCc1ccc(-c2ccc(-c3ccc(-c4cc(F)c(C(F)(F)Oc5cc(F)c(F)c(F)c5)c(F)c4)c(F)c3)c(F)c2)cc1.